The molecule has 2 aromatic heterocycles. The lowest BCUT2D eigenvalue weighted by atomic mass is 10.2. The van der Waals surface area contributed by atoms with Gasteiger partial charge in [0.15, 0.2) is 0 Å². The minimum atomic E-state index is 0.590. The summed E-state index contributed by atoms with van der Waals surface area (Å²) in [6.45, 7) is 1.13. The Hall–Kier alpha value is -0.650. The summed E-state index contributed by atoms with van der Waals surface area (Å²) >= 11 is 3.82. The molecule has 84 valence electrons. The third kappa shape index (κ3) is 2.21. The molecule has 0 spiro atoms. The molecule has 1 aliphatic rings. The first-order chi connectivity index (χ1) is 7.92. The first kappa shape index (κ1) is 10.5. The van der Waals surface area contributed by atoms with E-state index in [-0.39, 0.29) is 0 Å². The van der Waals surface area contributed by atoms with Crippen molar-refractivity contribution in [3.8, 4) is 0 Å². The van der Waals surface area contributed by atoms with Gasteiger partial charge in [-0.3, -0.25) is 4.98 Å². The molecule has 0 bridgehead atoms. The van der Waals surface area contributed by atoms with Gasteiger partial charge in [-0.1, -0.05) is 0 Å². The van der Waals surface area contributed by atoms with Gasteiger partial charge in [-0.05, 0) is 6.07 Å². The van der Waals surface area contributed by atoms with Crippen LogP contribution < -0.4 is 5.32 Å². The fourth-order valence-corrected chi connectivity index (χ4v) is 3.84. The molecular weight excluding hydrogens is 238 g/mol. The van der Waals surface area contributed by atoms with Crippen molar-refractivity contribution in [3.05, 3.63) is 23.5 Å². The van der Waals surface area contributed by atoms with Gasteiger partial charge in [0.1, 0.15) is 0 Å². The van der Waals surface area contributed by atoms with Crippen molar-refractivity contribution in [3.63, 3.8) is 0 Å². The van der Waals surface area contributed by atoms with Crippen molar-refractivity contribution in [1.82, 2.24) is 15.3 Å². The highest BCUT2D eigenvalue weighted by Crippen LogP contribution is 2.22. The van der Waals surface area contributed by atoms with Crippen molar-refractivity contribution < 1.29 is 0 Å². The summed E-state index contributed by atoms with van der Waals surface area (Å²) in [5, 5.41) is 4.77. The molecule has 0 amide bonds. The van der Waals surface area contributed by atoms with Crippen LogP contribution in [-0.4, -0.2) is 34.1 Å². The number of fused-ring (bicyclic) bond motifs is 1. The summed E-state index contributed by atoms with van der Waals surface area (Å²) < 4.78 is 1.24. The molecular formula is C11H13N3S2. The zero-order valence-electron chi connectivity index (χ0n) is 8.85. The Kier molecular flexibility index (Phi) is 3.08. The summed E-state index contributed by atoms with van der Waals surface area (Å²) in [7, 11) is 0. The Balaban J connectivity index is 1.78. The fourth-order valence-electron chi connectivity index (χ4n) is 1.88. The van der Waals surface area contributed by atoms with Crippen molar-refractivity contribution >= 4 is 33.3 Å². The molecule has 5 heteroatoms. The second-order valence-corrected chi connectivity index (χ2v) is 6.15. The maximum absolute atomic E-state index is 4.61. The maximum atomic E-state index is 4.61. The van der Waals surface area contributed by atoms with Crippen LogP contribution in [0.25, 0.3) is 10.2 Å². The summed E-state index contributed by atoms with van der Waals surface area (Å²) in [6, 6.07) is 2.63. The van der Waals surface area contributed by atoms with Crippen LogP contribution in [0, 0.1) is 0 Å². The van der Waals surface area contributed by atoms with Crippen LogP contribution in [0.5, 0.6) is 0 Å². The summed E-state index contributed by atoms with van der Waals surface area (Å²) in [4.78, 5) is 8.71. The second kappa shape index (κ2) is 4.69. The van der Waals surface area contributed by atoms with E-state index in [2.05, 4.69) is 15.3 Å². The van der Waals surface area contributed by atoms with E-state index >= 15 is 0 Å². The molecule has 3 rings (SSSR count). The lowest BCUT2D eigenvalue weighted by Crippen LogP contribution is -2.38. The highest BCUT2D eigenvalue weighted by atomic mass is 32.2. The van der Waals surface area contributed by atoms with Gasteiger partial charge in [0, 0.05) is 36.7 Å². The second-order valence-electron chi connectivity index (χ2n) is 3.88. The zero-order chi connectivity index (χ0) is 10.8. The smallest absolute Gasteiger partial charge is 0.0998 e. The van der Waals surface area contributed by atoms with Crippen molar-refractivity contribution in [2.75, 3.05) is 18.1 Å². The first-order valence-corrected chi connectivity index (χ1v) is 7.39. The normalized spacial score (nSPS) is 21.4. The highest BCUT2D eigenvalue weighted by Gasteiger charge is 2.15. The van der Waals surface area contributed by atoms with Crippen molar-refractivity contribution in [2.45, 2.75) is 12.5 Å². The number of nitrogens with one attached hydrogen (secondary N) is 1. The quantitative estimate of drug-likeness (QED) is 0.885. The van der Waals surface area contributed by atoms with Gasteiger partial charge in [0.05, 0.1) is 21.4 Å². The van der Waals surface area contributed by atoms with Gasteiger partial charge in [-0.25, -0.2) is 4.98 Å². The Morgan fingerprint density at radius 1 is 1.50 bits per heavy atom. The van der Waals surface area contributed by atoms with Crippen molar-refractivity contribution in [2.24, 2.45) is 0 Å². The molecule has 0 saturated carbocycles. The van der Waals surface area contributed by atoms with Crippen LogP contribution in [0.15, 0.2) is 18.5 Å². The van der Waals surface area contributed by atoms with Crippen LogP contribution in [0.4, 0.5) is 0 Å². The monoisotopic (exact) mass is 251 g/mol. The number of rotatable bonds is 2. The van der Waals surface area contributed by atoms with Crippen LogP contribution in [0.1, 0.15) is 5.01 Å². The molecule has 16 heavy (non-hydrogen) atoms. The number of hydrogen-bond acceptors (Lipinski definition) is 5. The SMILES string of the molecule is c1cc2sc(CC3CSCCN3)nc2cn1. The van der Waals surface area contributed by atoms with Gasteiger partial charge >= 0.3 is 0 Å². The number of pyridine rings is 1. The fraction of sp³-hybridized carbons (Fsp3) is 0.455. The van der Waals surface area contributed by atoms with E-state index in [0.29, 0.717) is 6.04 Å². The molecule has 0 aliphatic carbocycles. The van der Waals surface area contributed by atoms with Gasteiger partial charge in [-0.2, -0.15) is 11.8 Å². The molecule has 2 aromatic rings. The molecule has 3 nitrogen and oxygen atoms in total. The Labute approximate surface area is 103 Å². The predicted octanol–water partition coefficient (Wildman–Crippen LogP) is 1.94. The Bertz CT molecular complexity index is 444. The predicted molar refractivity (Wildman–Crippen MR) is 70.2 cm³/mol. The maximum Gasteiger partial charge on any atom is 0.0998 e. The molecule has 3 heterocycles. The van der Waals surface area contributed by atoms with E-state index in [1.165, 1.54) is 21.2 Å². The summed E-state index contributed by atoms with van der Waals surface area (Å²) in [5.41, 5.74) is 1.03. The Morgan fingerprint density at radius 2 is 2.50 bits per heavy atom. The molecule has 0 radical (unpaired) electrons. The van der Waals surface area contributed by atoms with E-state index in [1.54, 1.807) is 11.3 Å². The van der Waals surface area contributed by atoms with Crippen LogP contribution in [0.2, 0.25) is 0 Å². The van der Waals surface area contributed by atoms with E-state index in [9.17, 15) is 0 Å². The van der Waals surface area contributed by atoms with Gasteiger partial charge in [0.2, 0.25) is 0 Å². The number of thiazole rings is 1. The molecule has 0 aromatic carbocycles. The van der Waals surface area contributed by atoms with Crippen LogP contribution in [0.3, 0.4) is 0 Å². The molecule has 1 atom stereocenters. The minimum Gasteiger partial charge on any atom is -0.312 e. The Morgan fingerprint density at radius 3 is 3.31 bits per heavy atom. The number of thioether (sulfide) groups is 1. The molecule has 1 saturated heterocycles. The molecule has 1 fully saturated rings. The first-order valence-electron chi connectivity index (χ1n) is 5.42. The third-order valence-electron chi connectivity index (χ3n) is 2.65. The average Bonchev–Trinajstić information content (AvgIpc) is 2.72. The highest BCUT2D eigenvalue weighted by molar-refractivity contribution is 7.99. The van der Waals surface area contributed by atoms with E-state index in [0.717, 1.165) is 18.5 Å². The van der Waals surface area contributed by atoms with E-state index < -0.39 is 0 Å². The van der Waals surface area contributed by atoms with Gasteiger partial charge < -0.3 is 5.32 Å². The number of aromatic nitrogens is 2. The van der Waals surface area contributed by atoms with E-state index in [4.69, 9.17) is 0 Å². The summed E-state index contributed by atoms with van der Waals surface area (Å²) in [5.74, 6) is 2.44. The molecule has 1 unspecified atom stereocenters. The van der Waals surface area contributed by atoms with Gasteiger partial charge in [0.25, 0.3) is 0 Å². The average molecular weight is 251 g/mol. The summed E-state index contributed by atoms with van der Waals surface area (Å²) in [6.07, 6.45) is 4.73. The standard InChI is InChI=1S/C11H13N3S2/c1-2-12-6-9-10(1)16-11(14-9)5-8-7-15-4-3-13-8/h1-2,6,8,13H,3-5,7H2. The van der Waals surface area contributed by atoms with E-state index in [1.807, 2.05) is 30.2 Å². The molecule has 1 aliphatic heterocycles. The van der Waals surface area contributed by atoms with Crippen molar-refractivity contribution in [1.29, 1.82) is 0 Å². The van der Waals surface area contributed by atoms with Crippen LogP contribution >= 0.6 is 23.1 Å². The lowest BCUT2D eigenvalue weighted by Gasteiger charge is -2.21. The number of hydrogen-bond donors (Lipinski definition) is 1. The minimum absolute atomic E-state index is 0.590. The largest absolute Gasteiger partial charge is 0.312 e. The zero-order valence-corrected chi connectivity index (χ0v) is 10.5. The van der Waals surface area contributed by atoms with Gasteiger partial charge in [-0.15, -0.1) is 11.3 Å². The topological polar surface area (TPSA) is 37.8 Å². The molecule has 1 N–H and O–H groups in total. The van der Waals surface area contributed by atoms with Crippen LogP contribution in [-0.2, 0) is 6.42 Å². The lowest BCUT2D eigenvalue weighted by molar-refractivity contribution is 0.562. The number of nitrogens with zero attached hydrogens (tertiary/aromatic N) is 2. The third-order valence-corrected chi connectivity index (χ3v) is 4.84.